The fourth-order valence-electron chi connectivity index (χ4n) is 3.56. The highest BCUT2D eigenvalue weighted by atomic mass is 35.5. The van der Waals surface area contributed by atoms with E-state index in [4.69, 9.17) is 26.1 Å². The van der Waals surface area contributed by atoms with E-state index in [9.17, 15) is 0 Å². The Morgan fingerprint density at radius 3 is 2.64 bits per heavy atom. The van der Waals surface area contributed by atoms with Gasteiger partial charge >= 0.3 is 0 Å². The van der Waals surface area contributed by atoms with Crippen LogP contribution in [0.5, 0.6) is 11.6 Å². The summed E-state index contributed by atoms with van der Waals surface area (Å²) in [5.74, 6) is 1.89. The van der Waals surface area contributed by atoms with Gasteiger partial charge in [0.15, 0.2) is 5.69 Å². The molecule has 2 heterocycles. The number of rotatable bonds is 6. The van der Waals surface area contributed by atoms with Crippen LogP contribution in [-0.2, 0) is 5.75 Å². The molecule has 0 spiro atoms. The summed E-state index contributed by atoms with van der Waals surface area (Å²) in [5.41, 5.74) is 4.39. The number of halogens is 1. The molecule has 0 saturated carbocycles. The van der Waals surface area contributed by atoms with E-state index < -0.39 is 6.23 Å². The number of ether oxygens (including phenoxy) is 2. The number of aromatic nitrogens is 3. The standard InChI is InChI=1S/C25H21ClN4O2S/c1-2-31-21-10-6-4-8-19(21)23-27-20-9-5-3-7-18(20)22-24(32-23)28-25(30-29-22)33-15-16-11-13-17(26)14-12-16/h3-14,23,27H,2,15H2,1H3/t23-/m0/s1. The van der Waals surface area contributed by atoms with Gasteiger partial charge in [-0.25, -0.2) is 0 Å². The van der Waals surface area contributed by atoms with Crippen LogP contribution in [0.1, 0.15) is 24.3 Å². The molecule has 1 aliphatic heterocycles. The molecule has 8 heteroatoms. The summed E-state index contributed by atoms with van der Waals surface area (Å²) >= 11 is 7.48. The van der Waals surface area contributed by atoms with Crippen LogP contribution in [0.2, 0.25) is 5.02 Å². The number of nitrogens with zero attached hydrogens (tertiary/aromatic N) is 3. The maximum Gasteiger partial charge on any atom is 0.247 e. The highest BCUT2D eigenvalue weighted by Gasteiger charge is 2.27. The molecule has 4 aromatic rings. The molecule has 6 nitrogen and oxygen atoms in total. The van der Waals surface area contributed by atoms with E-state index in [1.807, 2.05) is 79.7 Å². The predicted molar refractivity (Wildman–Crippen MR) is 131 cm³/mol. The number of thioether (sulfide) groups is 1. The Balaban J connectivity index is 1.49. The Hall–Kier alpha value is -3.29. The van der Waals surface area contributed by atoms with Crippen LogP contribution < -0.4 is 14.8 Å². The average Bonchev–Trinajstić information content (AvgIpc) is 3.01. The molecule has 1 aromatic heterocycles. The van der Waals surface area contributed by atoms with Gasteiger partial charge in [-0.3, -0.25) is 0 Å². The third-order valence-corrected chi connectivity index (χ3v) is 6.28. The van der Waals surface area contributed by atoms with Crippen molar-refractivity contribution >= 4 is 29.1 Å². The summed E-state index contributed by atoms with van der Waals surface area (Å²) in [6.45, 7) is 2.52. The van der Waals surface area contributed by atoms with Gasteiger partial charge < -0.3 is 14.8 Å². The lowest BCUT2D eigenvalue weighted by molar-refractivity contribution is 0.217. The average molecular weight is 477 g/mol. The Bertz CT molecular complexity index is 1270. The zero-order chi connectivity index (χ0) is 22.6. The summed E-state index contributed by atoms with van der Waals surface area (Å²) in [7, 11) is 0. The summed E-state index contributed by atoms with van der Waals surface area (Å²) in [4.78, 5) is 4.72. The van der Waals surface area contributed by atoms with Gasteiger partial charge in [-0.2, -0.15) is 4.98 Å². The Labute approximate surface area is 201 Å². The molecule has 0 fully saturated rings. The SMILES string of the molecule is CCOc1ccccc1[C@H]1Nc2ccccc2-c2nnc(SCc3ccc(Cl)cc3)nc2O1. The molecule has 0 radical (unpaired) electrons. The smallest absolute Gasteiger partial charge is 0.247 e. The van der Waals surface area contributed by atoms with Gasteiger partial charge in [0.1, 0.15) is 5.75 Å². The molecule has 3 aromatic carbocycles. The molecular weight excluding hydrogens is 456 g/mol. The molecule has 5 rings (SSSR count). The lowest BCUT2D eigenvalue weighted by Crippen LogP contribution is -2.18. The minimum Gasteiger partial charge on any atom is -0.493 e. The molecule has 1 aliphatic rings. The van der Waals surface area contributed by atoms with Gasteiger partial charge in [0.25, 0.3) is 0 Å². The number of benzene rings is 3. The van der Waals surface area contributed by atoms with E-state index in [0.29, 0.717) is 34.1 Å². The minimum absolute atomic E-state index is 0.428. The van der Waals surface area contributed by atoms with E-state index in [-0.39, 0.29) is 0 Å². The van der Waals surface area contributed by atoms with Crippen LogP contribution >= 0.6 is 23.4 Å². The van der Waals surface area contributed by atoms with Gasteiger partial charge in [-0.05, 0) is 42.8 Å². The Morgan fingerprint density at radius 1 is 1.00 bits per heavy atom. The van der Waals surface area contributed by atoms with Crippen molar-refractivity contribution in [3.8, 4) is 22.9 Å². The Kier molecular flexibility index (Phi) is 6.32. The molecule has 1 N–H and O–H groups in total. The second-order valence-corrected chi connectivity index (χ2v) is 8.70. The quantitative estimate of drug-likeness (QED) is 0.323. The van der Waals surface area contributed by atoms with Crippen LogP contribution in [0.3, 0.4) is 0 Å². The van der Waals surface area contributed by atoms with Crippen LogP contribution in [0.25, 0.3) is 11.3 Å². The first-order chi connectivity index (χ1) is 16.2. The van der Waals surface area contributed by atoms with Crippen molar-refractivity contribution in [1.29, 1.82) is 0 Å². The van der Waals surface area contributed by atoms with E-state index >= 15 is 0 Å². The van der Waals surface area contributed by atoms with Crippen LogP contribution in [0, 0.1) is 0 Å². The molecule has 0 bridgehead atoms. The van der Waals surface area contributed by atoms with Crippen molar-refractivity contribution in [2.75, 3.05) is 11.9 Å². The molecule has 0 unspecified atom stereocenters. The van der Waals surface area contributed by atoms with Gasteiger partial charge in [0, 0.05) is 22.0 Å². The number of para-hydroxylation sites is 2. The molecule has 1 atom stereocenters. The third kappa shape index (κ3) is 4.74. The van der Waals surface area contributed by atoms with Crippen molar-refractivity contribution in [2.24, 2.45) is 0 Å². The zero-order valence-corrected chi connectivity index (χ0v) is 19.4. The van der Waals surface area contributed by atoms with Gasteiger partial charge in [0.05, 0.1) is 12.2 Å². The molecule has 0 saturated heterocycles. The van der Waals surface area contributed by atoms with Crippen LogP contribution in [-0.4, -0.2) is 21.8 Å². The number of hydrogen-bond acceptors (Lipinski definition) is 7. The van der Waals surface area contributed by atoms with Crippen molar-refractivity contribution in [1.82, 2.24) is 15.2 Å². The van der Waals surface area contributed by atoms with E-state index in [0.717, 1.165) is 28.1 Å². The fraction of sp³-hybridized carbons (Fsp3) is 0.160. The first-order valence-electron chi connectivity index (χ1n) is 10.6. The van der Waals surface area contributed by atoms with E-state index in [1.54, 1.807) is 0 Å². The molecule has 166 valence electrons. The van der Waals surface area contributed by atoms with Gasteiger partial charge in [-0.15, -0.1) is 10.2 Å². The summed E-state index contributed by atoms with van der Waals surface area (Å²) in [5, 5.41) is 13.6. The number of nitrogens with one attached hydrogen (secondary N) is 1. The zero-order valence-electron chi connectivity index (χ0n) is 17.9. The largest absolute Gasteiger partial charge is 0.493 e. The predicted octanol–water partition coefficient (Wildman–Crippen LogP) is 6.39. The molecule has 33 heavy (non-hydrogen) atoms. The second kappa shape index (κ2) is 9.68. The first kappa shape index (κ1) is 21.6. The fourth-order valence-corrected chi connectivity index (χ4v) is 4.42. The van der Waals surface area contributed by atoms with Crippen molar-refractivity contribution in [3.05, 3.63) is 88.9 Å². The summed E-state index contributed by atoms with van der Waals surface area (Å²) in [6.07, 6.45) is -0.499. The van der Waals surface area contributed by atoms with Crippen molar-refractivity contribution < 1.29 is 9.47 Å². The maximum atomic E-state index is 6.39. The lowest BCUT2D eigenvalue weighted by atomic mass is 10.1. The first-order valence-corrected chi connectivity index (χ1v) is 11.9. The number of anilines is 1. The van der Waals surface area contributed by atoms with E-state index in [2.05, 4.69) is 15.5 Å². The highest BCUT2D eigenvalue weighted by molar-refractivity contribution is 7.98. The summed E-state index contributed by atoms with van der Waals surface area (Å²) < 4.78 is 12.2. The Morgan fingerprint density at radius 2 is 1.79 bits per heavy atom. The number of hydrogen-bond donors (Lipinski definition) is 1. The summed E-state index contributed by atoms with van der Waals surface area (Å²) in [6, 6.07) is 23.5. The monoisotopic (exact) mass is 476 g/mol. The van der Waals surface area contributed by atoms with Crippen LogP contribution in [0.15, 0.2) is 78.0 Å². The van der Waals surface area contributed by atoms with Gasteiger partial charge in [0.2, 0.25) is 17.3 Å². The molecule has 0 aliphatic carbocycles. The van der Waals surface area contributed by atoms with Crippen LogP contribution in [0.4, 0.5) is 5.69 Å². The molecule has 0 amide bonds. The van der Waals surface area contributed by atoms with Crippen molar-refractivity contribution in [3.63, 3.8) is 0 Å². The lowest BCUT2D eigenvalue weighted by Gasteiger charge is -2.21. The minimum atomic E-state index is -0.499. The highest BCUT2D eigenvalue weighted by Crippen LogP contribution is 2.41. The normalized spacial score (nSPS) is 14.3. The maximum absolute atomic E-state index is 6.39. The molecular formula is C25H21ClN4O2S. The topological polar surface area (TPSA) is 69.2 Å². The van der Waals surface area contributed by atoms with Crippen molar-refractivity contribution in [2.45, 2.75) is 24.1 Å². The third-order valence-electron chi connectivity index (χ3n) is 5.12. The number of fused-ring (bicyclic) bond motifs is 3. The second-order valence-electron chi connectivity index (χ2n) is 7.32. The van der Waals surface area contributed by atoms with Gasteiger partial charge in [-0.1, -0.05) is 65.8 Å². The van der Waals surface area contributed by atoms with E-state index in [1.165, 1.54) is 11.8 Å².